The highest BCUT2D eigenvalue weighted by atomic mass is 127. The minimum Gasteiger partial charge on any atom is -0.388 e. The third-order valence-electron chi connectivity index (χ3n) is 5.91. The number of likely N-dealkylation sites (tertiary alicyclic amines) is 1. The molecule has 2 rings (SSSR count). The summed E-state index contributed by atoms with van der Waals surface area (Å²) in [5, 5.41) is 13.9. The first-order chi connectivity index (χ1) is 13.0. The van der Waals surface area contributed by atoms with Crippen molar-refractivity contribution < 1.29 is 9.90 Å². The van der Waals surface area contributed by atoms with Crippen LogP contribution in [0.1, 0.15) is 52.9 Å². The molecule has 0 unspecified atom stereocenters. The third-order valence-corrected chi connectivity index (χ3v) is 5.91. The van der Waals surface area contributed by atoms with Crippen LogP contribution in [-0.4, -0.2) is 96.2 Å². The number of carbonyl (C=O) groups is 1. The SMILES string of the molecule is CCNC(=NCC(O)(CC)CC)N1CCN(CC(=O)N2CCCCC2)CC1.I. The third kappa shape index (κ3) is 7.67. The van der Waals surface area contributed by atoms with Gasteiger partial charge < -0.3 is 20.2 Å². The summed E-state index contributed by atoms with van der Waals surface area (Å²) in [6, 6.07) is 0. The van der Waals surface area contributed by atoms with E-state index in [1.165, 1.54) is 6.42 Å². The molecule has 0 bridgehead atoms. The lowest BCUT2D eigenvalue weighted by Crippen LogP contribution is -2.54. The van der Waals surface area contributed by atoms with E-state index in [0.29, 0.717) is 25.9 Å². The van der Waals surface area contributed by atoms with Crippen LogP contribution in [0.15, 0.2) is 4.99 Å². The van der Waals surface area contributed by atoms with Crippen LogP contribution in [0, 0.1) is 0 Å². The number of amides is 1. The Labute approximate surface area is 187 Å². The van der Waals surface area contributed by atoms with Crippen molar-refractivity contribution >= 4 is 35.8 Å². The van der Waals surface area contributed by atoms with Crippen molar-refractivity contribution in [3.63, 3.8) is 0 Å². The molecule has 2 aliphatic rings. The Morgan fingerprint density at radius 1 is 0.964 bits per heavy atom. The number of carbonyl (C=O) groups excluding carboxylic acids is 1. The molecule has 0 radical (unpaired) electrons. The maximum Gasteiger partial charge on any atom is 0.236 e. The monoisotopic (exact) mass is 509 g/mol. The number of nitrogens with one attached hydrogen (secondary N) is 1. The fourth-order valence-corrected chi connectivity index (χ4v) is 3.67. The molecule has 2 fully saturated rings. The molecule has 2 saturated heterocycles. The Balaban J connectivity index is 0.00000392. The Morgan fingerprint density at radius 3 is 2.11 bits per heavy atom. The summed E-state index contributed by atoms with van der Waals surface area (Å²) in [6.07, 6.45) is 4.95. The van der Waals surface area contributed by atoms with Gasteiger partial charge in [0.15, 0.2) is 5.96 Å². The first-order valence-electron chi connectivity index (χ1n) is 10.8. The van der Waals surface area contributed by atoms with Crippen LogP contribution in [-0.2, 0) is 4.79 Å². The average molecular weight is 509 g/mol. The lowest BCUT2D eigenvalue weighted by molar-refractivity contribution is -0.133. The van der Waals surface area contributed by atoms with E-state index in [-0.39, 0.29) is 29.9 Å². The highest BCUT2D eigenvalue weighted by Crippen LogP contribution is 2.15. The van der Waals surface area contributed by atoms with Crippen LogP contribution in [0.25, 0.3) is 0 Å². The smallest absolute Gasteiger partial charge is 0.236 e. The van der Waals surface area contributed by atoms with E-state index in [1.54, 1.807) is 0 Å². The molecule has 0 aromatic rings. The number of hydrogen-bond donors (Lipinski definition) is 2. The zero-order valence-corrected chi connectivity index (χ0v) is 20.3. The van der Waals surface area contributed by atoms with Crippen molar-refractivity contribution in [1.82, 2.24) is 20.0 Å². The van der Waals surface area contributed by atoms with Crippen molar-refractivity contribution in [2.75, 3.05) is 58.9 Å². The van der Waals surface area contributed by atoms with E-state index in [1.807, 2.05) is 18.7 Å². The fourth-order valence-electron chi connectivity index (χ4n) is 3.67. The second-order valence-corrected chi connectivity index (χ2v) is 7.81. The Morgan fingerprint density at radius 2 is 1.57 bits per heavy atom. The molecular weight excluding hydrogens is 469 g/mol. The van der Waals surface area contributed by atoms with Crippen LogP contribution >= 0.6 is 24.0 Å². The van der Waals surface area contributed by atoms with Gasteiger partial charge in [-0.05, 0) is 39.0 Å². The molecule has 1 amide bonds. The predicted octanol–water partition coefficient (Wildman–Crippen LogP) is 1.75. The molecule has 7 nitrogen and oxygen atoms in total. The molecule has 28 heavy (non-hydrogen) atoms. The van der Waals surface area contributed by atoms with Gasteiger partial charge in [0.25, 0.3) is 0 Å². The summed E-state index contributed by atoms with van der Waals surface area (Å²) in [5.74, 6) is 1.15. The van der Waals surface area contributed by atoms with Gasteiger partial charge in [0, 0.05) is 45.8 Å². The second kappa shape index (κ2) is 12.8. The molecule has 0 spiro atoms. The largest absolute Gasteiger partial charge is 0.388 e. The molecule has 8 heteroatoms. The molecule has 2 N–H and O–H groups in total. The normalized spacial score (nSPS) is 19.4. The number of rotatable bonds is 7. The van der Waals surface area contributed by atoms with E-state index in [9.17, 15) is 9.90 Å². The fraction of sp³-hybridized carbons (Fsp3) is 0.900. The van der Waals surface area contributed by atoms with Gasteiger partial charge in [-0.1, -0.05) is 13.8 Å². The van der Waals surface area contributed by atoms with Gasteiger partial charge in [0.05, 0.1) is 18.7 Å². The van der Waals surface area contributed by atoms with Gasteiger partial charge in [-0.25, -0.2) is 0 Å². The molecule has 164 valence electrons. The van der Waals surface area contributed by atoms with Gasteiger partial charge >= 0.3 is 0 Å². The topological polar surface area (TPSA) is 71.4 Å². The Hall–Kier alpha value is -0.610. The first-order valence-corrected chi connectivity index (χ1v) is 10.8. The van der Waals surface area contributed by atoms with Crippen LogP contribution in [0.3, 0.4) is 0 Å². The predicted molar refractivity (Wildman–Crippen MR) is 125 cm³/mol. The van der Waals surface area contributed by atoms with Crippen LogP contribution in [0.2, 0.25) is 0 Å². The van der Waals surface area contributed by atoms with Gasteiger partial charge in [-0.15, -0.1) is 24.0 Å². The lowest BCUT2D eigenvalue weighted by atomic mass is 9.98. The van der Waals surface area contributed by atoms with Crippen LogP contribution in [0.5, 0.6) is 0 Å². The minimum absolute atomic E-state index is 0. The minimum atomic E-state index is -0.719. The maximum absolute atomic E-state index is 12.5. The number of aliphatic hydroxyl groups is 1. The summed E-state index contributed by atoms with van der Waals surface area (Å²) in [4.78, 5) is 23.7. The number of hydrogen-bond acceptors (Lipinski definition) is 4. The zero-order valence-electron chi connectivity index (χ0n) is 18.0. The van der Waals surface area contributed by atoms with Crippen LogP contribution < -0.4 is 5.32 Å². The molecule has 0 aromatic heterocycles. The van der Waals surface area contributed by atoms with Gasteiger partial charge in [-0.3, -0.25) is 14.7 Å². The molecule has 0 aliphatic carbocycles. The lowest BCUT2D eigenvalue weighted by Gasteiger charge is -2.37. The summed E-state index contributed by atoms with van der Waals surface area (Å²) in [7, 11) is 0. The van der Waals surface area contributed by atoms with E-state index >= 15 is 0 Å². The van der Waals surface area contributed by atoms with Gasteiger partial charge in [0.1, 0.15) is 0 Å². The summed E-state index contributed by atoms with van der Waals surface area (Å²) in [6.45, 7) is 13.1. The quantitative estimate of drug-likeness (QED) is 0.311. The molecule has 2 heterocycles. The number of nitrogens with zero attached hydrogens (tertiary/aromatic N) is 4. The summed E-state index contributed by atoms with van der Waals surface area (Å²) in [5.41, 5.74) is -0.719. The van der Waals surface area contributed by atoms with Gasteiger partial charge in [0.2, 0.25) is 5.91 Å². The molecular formula is C20H40IN5O2. The van der Waals surface area contributed by atoms with Crippen LogP contribution in [0.4, 0.5) is 0 Å². The van der Waals surface area contributed by atoms with Crippen molar-refractivity contribution in [2.24, 2.45) is 4.99 Å². The maximum atomic E-state index is 12.5. The molecule has 2 aliphatic heterocycles. The highest BCUT2D eigenvalue weighted by molar-refractivity contribution is 14.0. The van der Waals surface area contributed by atoms with Crippen molar-refractivity contribution in [3.05, 3.63) is 0 Å². The van der Waals surface area contributed by atoms with E-state index in [0.717, 1.165) is 64.6 Å². The van der Waals surface area contributed by atoms with Gasteiger partial charge in [-0.2, -0.15) is 0 Å². The zero-order chi connectivity index (χ0) is 19.7. The van der Waals surface area contributed by atoms with E-state index in [4.69, 9.17) is 4.99 Å². The summed E-state index contributed by atoms with van der Waals surface area (Å²) >= 11 is 0. The number of aliphatic imine (C=N–C) groups is 1. The Kier molecular flexibility index (Phi) is 11.7. The standard InChI is InChI=1S/C20H39N5O2.HI/c1-4-20(27,5-2)17-22-19(21-6-3)25-14-12-23(13-15-25)16-18(26)24-10-8-7-9-11-24;/h27H,4-17H2,1-3H3,(H,21,22);1H. The molecule has 0 saturated carbocycles. The van der Waals surface area contributed by atoms with Crippen molar-refractivity contribution in [2.45, 2.75) is 58.5 Å². The first kappa shape index (κ1) is 25.4. The van der Waals surface area contributed by atoms with Crippen molar-refractivity contribution in [1.29, 1.82) is 0 Å². The van der Waals surface area contributed by atoms with Crippen molar-refractivity contribution in [3.8, 4) is 0 Å². The number of piperazine rings is 1. The number of halogens is 1. The highest BCUT2D eigenvalue weighted by Gasteiger charge is 2.26. The second-order valence-electron chi connectivity index (χ2n) is 7.81. The molecule has 0 atom stereocenters. The van der Waals surface area contributed by atoms with E-state index < -0.39 is 5.60 Å². The summed E-state index contributed by atoms with van der Waals surface area (Å²) < 4.78 is 0. The number of guanidine groups is 1. The Bertz CT molecular complexity index is 485. The average Bonchev–Trinajstić information content (AvgIpc) is 2.72. The molecule has 0 aromatic carbocycles. The van der Waals surface area contributed by atoms with E-state index in [2.05, 4.69) is 22.0 Å². The number of piperidine rings is 1.